The number of fused-ring (bicyclic) bond motifs is 3. The maximum absolute atomic E-state index is 13.6. The minimum absolute atomic E-state index is 0.0157. The molecule has 2 aromatic rings. The number of carbonyl (C=O) groups excluding carboxylic acids is 1. The molecular weight excluding hydrogens is 485 g/mol. The fourth-order valence-electron chi connectivity index (χ4n) is 5.65. The zero-order valence-corrected chi connectivity index (χ0v) is 19.8. The van der Waals surface area contributed by atoms with Crippen molar-refractivity contribution >= 4 is 27.5 Å². The first kappa shape index (κ1) is 21.6. The summed E-state index contributed by atoms with van der Waals surface area (Å²) in [7, 11) is 1.89. The third-order valence-electron chi connectivity index (χ3n) is 7.11. The highest BCUT2D eigenvalue weighted by Gasteiger charge is 2.66. The summed E-state index contributed by atoms with van der Waals surface area (Å²) in [5.74, 6) is -1.26. The third kappa shape index (κ3) is 2.84. The van der Waals surface area contributed by atoms with Gasteiger partial charge >= 0.3 is 12.1 Å². The van der Waals surface area contributed by atoms with E-state index in [9.17, 15) is 18.0 Å². The number of amides is 1. The number of likely N-dealkylation sites (N-methyl/N-ethyl adjacent to an activating group) is 1. The normalized spacial score (nSPS) is 26.2. The molecule has 0 saturated carbocycles. The van der Waals surface area contributed by atoms with E-state index in [0.29, 0.717) is 17.7 Å². The van der Waals surface area contributed by atoms with Crippen LogP contribution in [-0.2, 0) is 15.6 Å². The van der Waals surface area contributed by atoms with Crippen LogP contribution < -0.4 is 9.64 Å². The minimum atomic E-state index is -4.94. The zero-order valence-electron chi connectivity index (χ0n) is 18.3. The number of ether oxygens (including phenoxy) is 1. The Balaban J connectivity index is 1.78. The molecule has 170 valence electrons. The van der Waals surface area contributed by atoms with Gasteiger partial charge in [-0.25, -0.2) is 0 Å². The van der Waals surface area contributed by atoms with Gasteiger partial charge in [0.2, 0.25) is 0 Å². The Morgan fingerprint density at radius 3 is 2.53 bits per heavy atom. The first-order valence-corrected chi connectivity index (χ1v) is 11.4. The van der Waals surface area contributed by atoms with Crippen molar-refractivity contribution < 1.29 is 22.7 Å². The second kappa shape index (κ2) is 6.65. The molecule has 0 radical (unpaired) electrons. The molecule has 4 nitrogen and oxygen atoms in total. The quantitative estimate of drug-likeness (QED) is 0.458. The van der Waals surface area contributed by atoms with Gasteiger partial charge < -0.3 is 14.5 Å². The standard InChI is InChI=1S/C24H24BrF3N2O2/c1-22(2,3)13-5-8-18-15(11-13)19-23(9-10-30(19)20(31)24(26,27)28)16-12-14(25)6-7-17(16)29(4)21(23)32-18/h5-8,11-12,19,21H,9-10H2,1-4H3/t19-,21-,23+/m0/s1. The molecule has 0 unspecified atom stereocenters. The van der Waals surface area contributed by atoms with Crippen molar-refractivity contribution in [1.82, 2.24) is 4.90 Å². The molecule has 32 heavy (non-hydrogen) atoms. The van der Waals surface area contributed by atoms with Gasteiger partial charge in [0.05, 0.1) is 11.5 Å². The lowest BCUT2D eigenvalue weighted by Crippen LogP contribution is -2.54. The number of nitrogens with zero attached hydrogens (tertiary/aromatic N) is 2. The predicted molar refractivity (Wildman–Crippen MR) is 119 cm³/mol. The molecule has 0 aliphatic carbocycles. The van der Waals surface area contributed by atoms with Crippen LogP contribution in [-0.4, -0.2) is 36.8 Å². The van der Waals surface area contributed by atoms with Gasteiger partial charge in [-0.15, -0.1) is 0 Å². The second-order valence-corrected chi connectivity index (χ2v) is 10.9. The number of carbonyl (C=O) groups is 1. The summed E-state index contributed by atoms with van der Waals surface area (Å²) in [5, 5.41) is 0. The summed E-state index contributed by atoms with van der Waals surface area (Å²) in [6, 6.07) is 10.8. The van der Waals surface area contributed by atoms with E-state index in [-0.39, 0.29) is 12.0 Å². The lowest BCUT2D eigenvalue weighted by Gasteiger charge is -2.46. The van der Waals surface area contributed by atoms with Crippen molar-refractivity contribution in [2.75, 3.05) is 18.5 Å². The minimum Gasteiger partial charge on any atom is -0.469 e. The lowest BCUT2D eigenvalue weighted by atomic mass is 9.69. The van der Waals surface area contributed by atoms with Crippen molar-refractivity contribution in [2.45, 2.75) is 56.5 Å². The Morgan fingerprint density at radius 2 is 1.88 bits per heavy atom. The molecule has 1 amide bonds. The average Bonchev–Trinajstić information content (AvgIpc) is 3.21. The molecule has 8 heteroatoms. The van der Waals surface area contributed by atoms with Crippen molar-refractivity contribution in [3.8, 4) is 5.75 Å². The van der Waals surface area contributed by atoms with Crippen LogP contribution in [0.25, 0.3) is 0 Å². The fourth-order valence-corrected chi connectivity index (χ4v) is 6.01. The van der Waals surface area contributed by atoms with Crippen LogP contribution in [0, 0.1) is 0 Å². The summed E-state index contributed by atoms with van der Waals surface area (Å²) in [6.45, 7) is 6.18. The molecule has 1 spiro atoms. The molecule has 0 bridgehead atoms. The van der Waals surface area contributed by atoms with Crippen LogP contribution in [0.5, 0.6) is 5.75 Å². The molecular formula is C24H24BrF3N2O2. The van der Waals surface area contributed by atoms with Gasteiger partial charge in [0.15, 0.2) is 6.23 Å². The number of rotatable bonds is 0. The monoisotopic (exact) mass is 508 g/mol. The number of hydrogen-bond acceptors (Lipinski definition) is 3. The van der Waals surface area contributed by atoms with E-state index in [1.165, 1.54) is 0 Å². The number of benzene rings is 2. The molecule has 1 saturated heterocycles. The smallest absolute Gasteiger partial charge is 0.469 e. The second-order valence-electron chi connectivity index (χ2n) is 9.93. The van der Waals surface area contributed by atoms with Gasteiger partial charge in [0, 0.05) is 29.3 Å². The van der Waals surface area contributed by atoms with Crippen LogP contribution >= 0.6 is 15.9 Å². The molecule has 3 heterocycles. The Labute approximate surface area is 193 Å². The van der Waals surface area contributed by atoms with Gasteiger partial charge in [-0.1, -0.05) is 42.8 Å². The number of hydrogen-bond donors (Lipinski definition) is 0. The SMILES string of the molecule is CN1c2ccc(Br)cc2[C@]23CCN(C(=O)C(F)(F)F)[C@H]2c2cc(C(C)(C)C)ccc2O[C@H]13. The Kier molecular flexibility index (Phi) is 4.49. The highest BCUT2D eigenvalue weighted by Crippen LogP contribution is 2.63. The number of anilines is 1. The molecule has 5 rings (SSSR count). The molecule has 3 aliphatic heterocycles. The van der Waals surface area contributed by atoms with Crippen LogP contribution in [0.1, 0.15) is 49.9 Å². The number of halogens is 4. The molecule has 3 aliphatic rings. The molecule has 0 N–H and O–H groups in total. The fraction of sp³-hybridized carbons (Fsp3) is 0.458. The van der Waals surface area contributed by atoms with Gasteiger partial charge in [-0.05, 0) is 53.3 Å². The van der Waals surface area contributed by atoms with Crippen LogP contribution in [0.3, 0.4) is 0 Å². The number of likely N-dealkylation sites (tertiary alicyclic amines) is 1. The molecule has 1 fully saturated rings. The van der Waals surface area contributed by atoms with Gasteiger partial charge in [-0.3, -0.25) is 4.79 Å². The van der Waals surface area contributed by atoms with Gasteiger partial charge in [0.1, 0.15) is 5.75 Å². The highest BCUT2D eigenvalue weighted by molar-refractivity contribution is 9.10. The number of alkyl halides is 3. The molecule has 2 aromatic carbocycles. The van der Waals surface area contributed by atoms with E-state index in [0.717, 1.165) is 26.2 Å². The molecule has 3 atom stereocenters. The summed E-state index contributed by atoms with van der Waals surface area (Å²) in [6.07, 6.45) is -5.06. The van der Waals surface area contributed by atoms with Crippen LogP contribution in [0.15, 0.2) is 40.9 Å². The first-order valence-electron chi connectivity index (χ1n) is 10.6. The first-order chi connectivity index (χ1) is 14.9. The van der Waals surface area contributed by atoms with Gasteiger partial charge in [0.25, 0.3) is 0 Å². The van der Waals surface area contributed by atoms with E-state index in [1.807, 2.05) is 48.3 Å². The Bertz CT molecular complexity index is 1130. The van der Waals surface area contributed by atoms with Crippen LogP contribution in [0.2, 0.25) is 0 Å². The summed E-state index contributed by atoms with van der Waals surface area (Å²) >= 11 is 3.52. The lowest BCUT2D eigenvalue weighted by molar-refractivity contribution is -0.187. The topological polar surface area (TPSA) is 32.8 Å². The Morgan fingerprint density at radius 1 is 1.16 bits per heavy atom. The van der Waals surface area contributed by atoms with Crippen molar-refractivity contribution in [1.29, 1.82) is 0 Å². The Hall–Kier alpha value is -2.22. The van der Waals surface area contributed by atoms with Crippen LogP contribution in [0.4, 0.5) is 18.9 Å². The van der Waals surface area contributed by atoms with E-state index < -0.39 is 29.8 Å². The van der Waals surface area contributed by atoms with Gasteiger partial charge in [-0.2, -0.15) is 13.2 Å². The predicted octanol–water partition coefficient (Wildman–Crippen LogP) is 5.69. The average molecular weight is 509 g/mol. The van der Waals surface area contributed by atoms with Crippen molar-refractivity contribution in [3.05, 3.63) is 57.6 Å². The van der Waals surface area contributed by atoms with Crippen molar-refractivity contribution in [2.24, 2.45) is 0 Å². The van der Waals surface area contributed by atoms with E-state index >= 15 is 0 Å². The third-order valence-corrected chi connectivity index (χ3v) is 7.60. The molecule has 0 aromatic heterocycles. The summed E-state index contributed by atoms with van der Waals surface area (Å²) < 4.78 is 48.2. The van der Waals surface area contributed by atoms with E-state index in [1.54, 1.807) is 0 Å². The summed E-state index contributed by atoms with van der Waals surface area (Å²) in [4.78, 5) is 15.6. The largest absolute Gasteiger partial charge is 0.471 e. The van der Waals surface area contributed by atoms with E-state index in [4.69, 9.17) is 4.74 Å². The zero-order chi connectivity index (χ0) is 23.2. The highest BCUT2D eigenvalue weighted by atomic mass is 79.9. The summed E-state index contributed by atoms with van der Waals surface area (Å²) in [5.41, 5.74) is 2.45. The van der Waals surface area contributed by atoms with E-state index in [2.05, 4.69) is 36.7 Å². The maximum Gasteiger partial charge on any atom is 0.471 e. The van der Waals surface area contributed by atoms with Crippen molar-refractivity contribution in [3.63, 3.8) is 0 Å². The maximum atomic E-state index is 13.6.